The minimum atomic E-state index is -0.886. The average molecular weight is 329 g/mol. The molecule has 0 heterocycles. The Hall–Kier alpha value is -0.910. The summed E-state index contributed by atoms with van der Waals surface area (Å²) in [5.74, 6) is 0.217. The standard InChI is InChI=1S/C18H35NO4/c1-9-15(20)13(2)12-14(19-7)16(21)18(5,6)23-11-10-17(3,4)22-8/h9,13-14,19-20H,10-12H2,1-8H3/t13-,14?/m1/s1. The van der Waals surface area contributed by atoms with Crippen LogP contribution in [-0.4, -0.2) is 48.9 Å². The van der Waals surface area contributed by atoms with Gasteiger partial charge in [-0.25, -0.2) is 0 Å². The SMILES string of the molecule is CC=C(O)[C@H](C)CC(NC)C(=O)C(C)(C)OCCC(C)(C)OC. The quantitative estimate of drug-likeness (QED) is 0.570. The number of ketones is 1. The van der Waals surface area contributed by atoms with Crippen LogP contribution in [0.2, 0.25) is 0 Å². The number of hydrogen-bond donors (Lipinski definition) is 2. The van der Waals surface area contributed by atoms with Crippen molar-refractivity contribution in [1.82, 2.24) is 5.32 Å². The van der Waals surface area contributed by atoms with E-state index < -0.39 is 5.60 Å². The highest BCUT2D eigenvalue weighted by Gasteiger charge is 2.35. The van der Waals surface area contributed by atoms with Crippen LogP contribution in [0.25, 0.3) is 0 Å². The fraction of sp³-hybridized carbons (Fsp3) is 0.833. The van der Waals surface area contributed by atoms with Crippen molar-refractivity contribution >= 4 is 5.78 Å². The lowest BCUT2D eigenvalue weighted by molar-refractivity contribution is -0.145. The summed E-state index contributed by atoms with van der Waals surface area (Å²) in [6, 6.07) is -0.363. The van der Waals surface area contributed by atoms with Crippen LogP contribution >= 0.6 is 0 Å². The molecule has 0 amide bonds. The molecule has 0 aromatic heterocycles. The van der Waals surface area contributed by atoms with E-state index in [1.165, 1.54) is 0 Å². The molecule has 23 heavy (non-hydrogen) atoms. The summed E-state index contributed by atoms with van der Waals surface area (Å²) in [4.78, 5) is 12.7. The maximum absolute atomic E-state index is 12.7. The second kappa shape index (κ2) is 9.40. The molecule has 0 bridgehead atoms. The van der Waals surface area contributed by atoms with Gasteiger partial charge in [0.1, 0.15) is 5.60 Å². The zero-order chi connectivity index (χ0) is 18.3. The molecule has 5 heteroatoms. The smallest absolute Gasteiger partial charge is 0.180 e. The van der Waals surface area contributed by atoms with Gasteiger partial charge in [-0.05, 0) is 60.6 Å². The van der Waals surface area contributed by atoms with Gasteiger partial charge >= 0.3 is 0 Å². The molecule has 0 aromatic rings. The zero-order valence-electron chi connectivity index (χ0n) is 16.0. The van der Waals surface area contributed by atoms with E-state index in [-0.39, 0.29) is 23.3 Å². The second-order valence-corrected chi connectivity index (χ2v) is 7.13. The number of carbonyl (C=O) groups is 1. The lowest BCUT2D eigenvalue weighted by Gasteiger charge is -2.31. The van der Waals surface area contributed by atoms with Gasteiger partial charge in [0.15, 0.2) is 5.78 Å². The van der Waals surface area contributed by atoms with Gasteiger partial charge in [-0.2, -0.15) is 0 Å². The van der Waals surface area contributed by atoms with Crippen LogP contribution < -0.4 is 5.32 Å². The third kappa shape index (κ3) is 7.46. The van der Waals surface area contributed by atoms with Crippen molar-refractivity contribution in [1.29, 1.82) is 0 Å². The van der Waals surface area contributed by atoms with E-state index in [0.717, 1.165) is 0 Å². The van der Waals surface area contributed by atoms with Gasteiger partial charge in [-0.15, -0.1) is 0 Å². The first-order chi connectivity index (χ1) is 10.5. The summed E-state index contributed by atoms with van der Waals surface area (Å²) in [7, 11) is 3.43. The third-order valence-corrected chi connectivity index (χ3v) is 4.37. The predicted molar refractivity (Wildman–Crippen MR) is 93.8 cm³/mol. The Morgan fingerprint density at radius 2 is 1.87 bits per heavy atom. The zero-order valence-corrected chi connectivity index (χ0v) is 16.0. The van der Waals surface area contributed by atoms with E-state index in [9.17, 15) is 9.90 Å². The highest BCUT2D eigenvalue weighted by atomic mass is 16.5. The van der Waals surface area contributed by atoms with Gasteiger partial charge in [-0.3, -0.25) is 4.79 Å². The number of likely N-dealkylation sites (N-methyl/N-ethyl adjacent to an activating group) is 1. The molecule has 0 aromatic carbocycles. The molecule has 136 valence electrons. The Morgan fingerprint density at radius 1 is 1.30 bits per heavy atom. The third-order valence-electron chi connectivity index (χ3n) is 4.37. The van der Waals surface area contributed by atoms with Gasteiger partial charge in [0.25, 0.3) is 0 Å². The number of allylic oxidation sites excluding steroid dienone is 2. The Bertz CT molecular complexity index is 402. The number of hydrogen-bond acceptors (Lipinski definition) is 5. The van der Waals surface area contributed by atoms with E-state index in [2.05, 4.69) is 5.32 Å². The molecule has 0 rings (SSSR count). The molecule has 0 aliphatic carbocycles. The minimum Gasteiger partial charge on any atom is -0.512 e. The molecule has 0 aliphatic rings. The van der Waals surface area contributed by atoms with Crippen LogP contribution in [0.15, 0.2) is 11.8 Å². The number of carbonyl (C=O) groups excluding carboxylic acids is 1. The van der Waals surface area contributed by atoms with Crippen molar-refractivity contribution in [2.45, 2.75) is 71.6 Å². The summed E-state index contributed by atoms with van der Waals surface area (Å²) in [5, 5.41) is 12.8. The van der Waals surface area contributed by atoms with Gasteiger partial charge in [0.05, 0.1) is 24.0 Å². The highest BCUT2D eigenvalue weighted by Crippen LogP contribution is 2.22. The summed E-state index contributed by atoms with van der Waals surface area (Å²) in [6.45, 7) is 11.7. The topological polar surface area (TPSA) is 67.8 Å². The molecule has 2 N–H and O–H groups in total. The fourth-order valence-electron chi connectivity index (χ4n) is 2.26. The van der Waals surface area contributed by atoms with Crippen LogP contribution in [0.4, 0.5) is 0 Å². The summed E-state index contributed by atoms with van der Waals surface area (Å²) < 4.78 is 11.2. The first kappa shape index (κ1) is 22.1. The number of methoxy groups -OCH3 is 1. The summed E-state index contributed by atoms with van der Waals surface area (Å²) in [6.07, 6.45) is 2.90. The number of ether oxygens (including phenoxy) is 2. The lowest BCUT2D eigenvalue weighted by atomic mass is 9.89. The molecule has 0 aliphatic heterocycles. The lowest BCUT2D eigenvalue weighted by Crippen LogP contribution is -2.49. The molecule has 0 fully saturated rings. The number of nitrogens with one attached hydrogen (secondary N) is 1. The Balaban J connectivity index is 4.73. The highest BCUT2D eigenvalue weighted by molar-refractivity contribution is 5.91. The van der Waals surface area contributed by atoms with Crippen molar-refractivity contribution in [2.75, 3.05) is 20.8 Å². The Kier molecular flexibility index (Phi) is 9.03. The van der Waals surface area contributed by atoms with Gasteiger partial charge in [-0.1, -0.05) is 6.92 Å². The van der Waals surface area contributed by atoms with Crippen LogP contribution in [0.3, 0.4) is 0 Å². The van der Waals surface area contributed by atoms with E-state index in [1.54, 1.807) is 41.0 Å². The van der Waals surface area contributed by atoms with E-state index >= 15 is 0 Å². The molecule has 5 nitrogen and oxygen atoms in total. The molecule has 0 saturated carbocycles. The largest absolute Gasteiger partial charge is 0.512 e. The predicted octanol–water partition coefficient (Wildman–Crippen LogP) is 3.24. The van der Waals surface area contributed by atoms with Gasteiger partial charge < -0.3 is 19.9 Å². The van der Waals surface area contributed by atoms with Crippen molar-refractivity contribution in [3.8, 4) is 0 Å². The first-order valence-electron chi connectivity index (χ1n) is 8.26. The van der Waals surface area contributed by atoms with Crippen LogP contribution in [0, 0.1) is 5.92 Å². The van der Waals surface area contributed by atoms with Crippen molar-refractivity contribution < 1.29 is 19.4 Å². The number of aliphatic hydroxyl groups excluding tert-OH is 1. The van der Waals surface area contributed by atoms with E-state index in [4.69, 9.17) is 9.47 Å². The molecule has 0 radical (unpaired) electrons. The van der Waals surface area contributed by atoms with Crippen molar-refractivity contribution in [3.63, 3.8) is 0 Å². The Labute approximate surface area is 141 Å². The van der Waals surface area contributed by atoms with E-state index in [0.29, 0.717) is 25.2 Å². The van der Waals surface area contributed by atoms with Gasteiger partial charge in [0.2, 0.25) is 0 Å². The van der Waals surface area contributed by atoms with Crippen LogP contribution in [0.1, 0.15) is 54.4 Å². The average Bonchev–Trinajstić information content (AvgIpc) is 2.50. The monoisotopic (exact) mass is 329 g/mol. The number of rotatable bonds is 11. The van der Waals surface area contributed by atoms with Gasteiger partial charge in [0, 0.05) is 13.0 Å². The molecular weight excluding hydrogens is 294 g/mol. The van der Waals surface area contributed by atoms with Crippen LogP contribution in [0.5, 0.6) is 0 Å². The number of aliphatic hydroxyl groups is 1. The van der Waals surface area contributed by atoms with E-state index in [1.807, 2.05) is 20.8 Å². The molecular formula is C18H35NO4. The summed E-state index contributed by atoms with van der Waals surface area (Å²) in [5.41, 5.74) is -1.16. The molecule has 0 spiro atoms. The number of Topliss-reactive ketones (excluding diaryl/α,β-unsaturated/α-hetero) is 1. The maximum atomic E-state index is 12.7. The normalized spacial score (nSPS) is 16.3. The molecule has 1 unspecified atom stereocenters. The summed E-state index contributed by atoms with van der Waals surface area (Å²) >= 11 is 0. The second-order valence-electron chi connectivity index (χ2n) is 7.13. The minimum absolute atomic E-state index is 0.00836. The van der Waals surface area contributed by atoms with Crippen molar-refractivity contribution in [3.05, 3.63) is 11.8 Å². The van der Waals surface area contributed by atoms with Crippen LogP contribution in [-0.2, 0) is 14.3 Å². The molecule has 2 atom stereocenters. The molecule has 0 saturated heterocycles. The fourth-order valence-corrected chi connectivity index (χ4v) is 2.26. The Morgan fingerprint density at radius 3 is 2.30 bits per heavy atom. The van der Waals surface area contributed by atoms with Crippen molar-refractivity contribution in [2.24, 2.45) is 5.92 Å². The first-order valence-corrected chi connectivity index (χ1v) is 8.26. The maximum Gasteiger partial charge on any atom is 0.180 e.